The molecule has 0 spiro atoms. The van der Waals surface area contributed by atoms with E-state index in [9.17, 15) is 13.2 Å². The Bertz CT molecular complexity index is 1200. The van der Waals surface area contributed by atoms with E-state index >= 15 is 0 Å². The molecule has 1 aliphatic rings. The number of fused-ring (bicyclic) bond motifs is 1. The lowest BCUT2D eigenvalue weighted by Crippen LogP contribution is -2.29. The first kappa shape index (κ1) is 19.9. The highest BCUT2D eigenvalue weighted by Crippen LogP contribution is 2.35. The molecule has 0 radical (unpaired) electrons. The van der Waals surface area contributed by atoms with Gasteiger partial charge in [-0.1, -0.05) is 45.7 Å². The fourth-order valence-electron chi connectivity index (χ4n) is 3.26. The summed E-state index contributed by atoms with van der Waals surface area (Å²) in [6, 6.07) is 18.7. The van der Waals surface area contributed by atoms with Crippen LogP contribution in [0.2, 0.25) is 5.02 Å². The normalized spacial score (nSPS) is 13.2. The first-order valence-electron chi connectivity index (χ1n) is 8.83. The Labute approximate surface area is 182 Å². The van der Waals surface area contributed by atoms with Crippen LogP contribution in [0.25, 0.3) is 0 Å². The standard InChI is InChI=1S/C21H16BrClN2O3S/c22-16-6-8-17(9-7-16)24-21(26)15-5-10-18(23)20(13-15)29(27,28)25-12-11-14-3-1-2-4-19(14)25/h1-10,13H,11-12H2,(H,24,26). The lowest BCUT2D eigenvalue weighted by molar-refractivity contribution is 0.102. The van der Waals surface area contributed by atoms with Gasteiger partial charge in [0.2, 0.25) is 0 Å². The molecule has 1 aliphatic heterocycles. The largest absolute Gasteiger partial charge is 0.322 e. The van der Waals surface area contributed by atoms with Crippen molar-refractivity contribution in [2.45, 2.75) is 11.3 Å². The van der Waals surface area contributed by atoms with E-state index in [-0.39, 0.29) is 15.5 Å². The van der Waals surface area contributed by atoms with Crippen LogP contribution in [0.1, 0.15) is 15.9 Å². The third-order valence-corrected chi connectivity index (χ3v) is 7.53. The van der Waals surface area contributed by atoms with Gasteiger partial charge < -0.3 is 5.32 Å². The van der Waals surface area contributed by atoms with Crippen LogP contribution in [0.4, 0.5) is 11.4 Å². The van der Waals surface area contributed by atoms with E-state index in [2.05, 4.69) is 21.2 Å². The van der Waals surface area contributed by atoms with Crippen molar-refractivity contribution in [3.63, 3.8) is 0 Å². The molecule has 1 heterocycles. The number of para-hydroxylation sites is 1. The molecular weight excluding hydrogens is 476 g/mol. The number of halogens is 2. The maximum absolute atomic E-state index is 13.3. The summed E-state index contributed by atoms with van der Waals surface area (Å²) in [4.78, 5) is 12.6. The van der Waals surface area contributed by atoms with Gasteiger partial charge in [-0.15, -0.1) is 0 Å². The fraction of sp³-hybridized carbons (Fsp3) is 0.0952. The van der Waals surface area contributed by atoms with Crippen molar-refractivity contribution in [3.8, 4) is 0 Å². The molecule has 0 saturated heterocycles. The number of hydrogen-bond donors (Lipinski definition) is 1. The molecule has 4 rings (SSSR count). The van der Waals surface area contributed by atoms with Gasteiger partial charge in [0.1, 0.15) is 4.90 Å². The number of hydrogen-bond acceptors (Lipinski definition) is 3. The Morgan fingerprint density at radius 1 is 1.03 bits per heavy atom. The number of carbonyl (C=O) groups excluding carboxylic acids is 1. The molecule has 1 amide bonds. The first-order chi connectivity index (χ1) is 13.9. The number of sulfonamides is 1. The van der Waals surface area contributed by atoms with Gasteiger partial charge in [-0.05, 0) is 60.5 Å². The molecule has 0 aromatic heterocycles. The van der Waals surface area contributed by atoms with Gasteiger partial charge in [-0.25, -0.2) is 8.42 Å². The van der Waals surface area contributed by atoms with Crippen molar-refractivity contribution in [2.75, 3.05) is 16.2 Å². The summed E-state index contributed by atoms with van der Waals surface area (Å²) in [5.74, 6) is -0.415. The van der Waals surface area contributed by atoms with E-state index in [4.69, 9.17) is 11.6 Å². The summed E-state index contributed by atoms with van der Waals surface area (Å²) in [6.07, 6.45) is 0.636. The molecule has 148 valence electrons. The Balaban J connectivity index is 1.66. The highest BCUT2D eigenvalue weighted by molar-refractivity contribution is 9.10. The summed E-state index contributed by atoms with van der Waals surface area (Å²) in [5, 5.41) is 2.84. The molecule has 5 nitrogen and oxygen atoms in total. The minimum atomic E-state index is -3.90. The molecule has 0 atom stereocenters. The molecule has 0 saturated carbocycles. The van der Waals surface area contributed by atoms with Gasteiger partial charge in [-0.3, -0.25) is 9.10 Å². The summed E-state index contributed by atoms with van der Waals surface area (Å²) >= 11 is 9.57. The molecule has 3 aromatic carbocycles. The van der Waals surface area contributed by atoms with Gasteiger partial charge in [0.25, 0.3) is 15.9 Å². The van der Waals surface area contributed by atoms with Gasteiger partial charge in [0, 0.05) is 22.3 Å². The van der Waals surface area contributed by atoms with Crippen LogP contribution in [-0.2, 0) is 16.4 Å². The van der Waals surface area contributed by atoms with Crippen LogP contribution in [0, 0.1) is 0 Å². The Hall–Kier alpha value is -2.35. The van der Waals surface area contributed by atoms with Crippen molar-refractivity contribution in [3.05, 3.63) is 87.4 Å². The SMILES string of the molecule is O=C(Nc1ccc(Br)cc1)c1ccc(Cl)c(S(=O)(=O)N2CCc3ccccc32)c1. The van der Waals surface area contributed by atoms with Gasteiger partial charge in [0.15, 0.2) is 0 Å². The van der Waals surface area contributed by atoms with Gasteiger partial charge >= 0.3 is 0 Å². The Morgan fingerprint density at radius 3 is 2.52 bits per heavy atom. The minimum Gasteiger partial charge on any atom is -0.322 e. The molecule has 29 heavy (non-hydrogen) atoms. The Kier molecular flexibility index (Phi) is 5.38. The van der Waals surface area contributed by atoms with Crippen LogP contribution in [0.5, 0.6) is 0 Å². The average Bonchev–Trinajstić information content (AvgIpc) is 3.15. The average molecular weight is 492 g/mol. The van der Waals surface area contributed by atoms with Crippen molar-refractivity contribution >= 4 is 54.8 Å². The zero-order valence-corrected chi connectivity index (χ0v) is 18.3. The smallest absolute Gasteiger partial charge is 0.265 e. The number of rotatable bonds is 4. The third kappa shape index (κ3) is 3.90. The second kappa shape index (κ2) is 7.82. The lowest BCUT2D eigenvalue weighted by Gasteiger charge is -2.20. The summed E-state index contributed by atoms with van der Waals surface area (Å²) in [5.41, 5.74) is 2.43. The fourth-order valence-corrected chi connectivity index (χ4v) is 5.53. The molecular formula is C21H16BrClN2O3S. The molecule has 1 N–H and O–H groups in total. The highest BCUT2D eigenvalue weighted by Gasteiger charge is 2.32. The lowest BCUT2D eigenvalue weighted by atomic mass is 10.2. The molecule has 0 fully saturated rings. The zero-order valence-electron chi connectivity index (χ0n) is 15.1. The van der Waals surface area contributed by atoms with Gasteiger partial charge in [-0.2, -0.15) is 0 Å². The molecule has 0 unspecified atom stereocenters. The molecule has 0 bridgehead atoms. The number of carbonyl (C=O) groups is 1. The summed E-state index contributed by atoms with van der Waals surface area (Å²) in [7, 11) is -3.90. The van der Waals surface area contributed by atoms with Crippen LogP contribution in [0.3, 0.4) is 0 Å². The quantitative estimate of drug-likeness (QED) is 0.552. The molecule has 8 heteroatoms. The summed E-state index contributed by atoms with van der Waals surface area (Å²) < 4.78 is 28.8. The predicted octanol–water partition coefficient (Wildman–Crippen LogP) is 5.11. The number of benzene rings is 3. The van der Waals surface area contributed by atoms with E-state index in [1.54, 1.807) is 36.4 Å². The van der Waals surface area contributed by atoms with E-state index in [0.29, 0.717) is 24.3 Å². The highest BCUT2D eigenvalue weighted by atomic mass is 79.9. The van der Waals surface area contributed by atoms with E-state index in [0.717, 1.165) is 10.0 Å². The third-order valence-electron chi connectivity index (χ3n) is 4.71. The zero-order chi connectivity index (χ0) is 20.6. The topological polar surface area (TPSA) is 66.5 Å². The monoisotopic (exact) mass is 490 g/mol. The summed E-state index contributed by atoms with van der Waals surface area (Å²) in [6.45, 7) is 0.341. The van der Waals surface area contributed by atoms with Gasteiger partial charge in [0.05, 0.1) is 10.7 Å². The van der Waals surface area contributed by atoms with Crippen molar-refractivity contribution in [1.82, 2.24) is 0 Å². The molecule has 3 aromatic rings. The maximum Gasteiger partial charge on any atom is 0.265 e. The van der Waals surface area contributed by atoms with Crippen LogP contribution >= 0.6 is 27.5 Å². The van der Waals surface area contributed by atoms with E-state index < -0.39 is 15.9 Å². The number of amides is 1. The second-order valence-electron chi connectivity index (χ2n) is 6.56. The predicted molar refractivity (Wildman–Crippen MR) is 118 cm³/mol. The number of nitrogens with zero attached hydrogens (tertiary/aromatic N) is 1. The van der Waals surface area contributed by atoms with E-state index in [1.165, 1.54) is 22.5 Å². The van der Waals surface area contributed by atoms with E-state index in [1.807, 2.05) is 12.1 Å². The minimum absolute atomic E-state index is 0.0783. The van der Waals surface area contributed by atoms with Crippen LogP contribution < -0.4 is 9.62 Å². The Morgan fingerprint density at radius 2 is 1.76 bits per heavy atom. The second-order valence-corrected chi connectivity index (χ2v) is 9.72. The number of nitrogens with one attached hydrogen (secondary N) is 1. The van der Waals surface area contributed by atoms with Crippen molar-refractivity contribution in [2.24, 2.45) is 0 Å². The number of anilines is 2. The molecule has 0 aliphatic carbocycles. The van der Waals surface area contributed by atoms with Crippen molar-refractivity contribution < 1.29 is 13.2 Å². The van der Waals surface area contributed by atoms with Crippen molar-refractivity contribution in [1.29, 1.82) is 0 Å². The maximum atomic E-state index is 13.3. The van der Waals surface area contributed by atoms with Crippen LogP contribution in [0.15, 0.2) is 76.1 Å². The first-order valence-corrected chi connectivity index (χ1v) is 11.4. The van der Waals surface area contributed by atoms with Crippen LogP contribution in [-0.4, -0.2) is 20.9 Å².